The van der Waals surface area contributed by atoms with Crippen LogP contribution < -0.4 is 4.90 Å². The molecule has 0 unspecified atom stereocenters. The fourth-order valence-electron chi connectivity index (χ4n) is 4.74. The first kappa shape index (κ1) is 21.2. The summed E-state index contributed by atoms with van der Waals surface area (Å²) in [4.78, 5) is 14.1. The highest BCUT2D eigenvalue weighted by atomic mass is 32.2. The number of hydrogen-bond acceptors (Lipinski definition) is 8. The van der Waals surface area contributed by atoms with Crippen molar-refractivity contribution in [3.8, 4) is 22.6 Å². The van der Waals surface area contributed by atoms with E-state index in [1.165, 1.54) is 0 Å². The fourth-order valence-corrected chi connectivity index (χ4v) is 5.97. The Morgan fingerprint density at radius 1 is 1.09 bits per heavy atom. The molecule has 6 rings (SSSR count). The molecule has 4 aromatic rings. The Bertz CT molecular complexity index is 1470. The number of pyridine rings is 2. The lowest BCUT2D eigenvalue weighted by atomic mass is 10.1. The molecule has 0 radical (unpaired) electrons. The minimum Gasteiger partial charge on any atom is -0.353 e. The maximum atomic E-state index is 11.7. The van der Waals surface area contributed by atoms with Crippen LogP contribution in [0.15, 0.2) is 36.8 Å². The van der Waals surface area contributed by atoms with Crippen LogP contribution in [0.4, 0.5) is 5.82 Å². The normalized spacial score (nSPS) is 18.9. The van der Waals surface area contributed by atoms with Gasteiger partial charge in [-0.3, -0.25) is 19.7 Å². The number of H-pyrrole nitrogens is 1. The molecule has 6 heterocycles. The number of rotatable bonds is 4. The Morgan fingerprint density at radius 3 is 2.62 bits per heavy atom. The van der Waals surface area contributed by atoms with Crippen molar-refractivity contribution in [2.75, 3.05) is 42.6 Å². The zero-order chi connectivity index (χ0) is 23.4. The molecule has 2 fully saturated rings. The molecule has 2 aliphatic heterocycles. The van der Waals surface area contributed by atoms with Crippen molar-refractivity contribution >= 4 is 26.6 Å². The first-order valence-corrected chi connectivity index (χ1v) is 13.2. The molecule has 0 bridgehead atoms. The van der Waals surface area contributed by atoms with Crippen LogP contribution in [0.2, 0.25) is 0 Å². The molecular weight excluding hydrogens is 452 g/mol. The maximum Gasteiger partial charge on any atom is 0.152 e. The van der Waals surface area contributed by atoms with Crippen molar-refractivity contribution in [2.45, 2.75) is 13.0 Å². The largest absolute Gasteiger partial charge is 0.353 e. The van der Waals surface area contributed by atoms with Crippen LogP contribution in [0.5, 0.6) is 0 Å². The molecule has 0 spiro atoms. The minimum atomic E-state index is -2.86. The van der Waals surface area contributed by atoms with Crippen molar-refractivity contribution in [1.82, 2.24) is 34.8 Å². The number of fused-ring (bicyclic) bond motifs is 1. The fraction of sp³-hybridized carbons (Fsp3) is 0.391. The Balaban J connectivity index is 1.26. The van der Waals surface area contributed by atoms with Crippen molar-refractivity contribution in [1.29, 1.82) is 0 Å². The standard InChI is InChI=1S/C23H26N8O2S/c1-15-3-4-19(26-23(15)31-13-17(14-31)30-5-7-34(32,33)8-6-30)22-18-9-20(16-10-25-29(2)12-16)24-11-21(18)27-28-22/h3-4,9-12,17H,5-8,13-14H2,1-2H3,(H,27,28). The SMILES string of the molecule is Cc1ccc(-c2n[nH]c3cnc(-c4cnn(C)c4)cc23)nc1N1CC(N2CCS(=O)(=O)CC2)C1. The van der Waals surface area contributed by atoms with Crippen LogP contribution in [0, 0.1) is 6.92 Å². The summed E-state index contributed by atoms with van der Waals surface area (Å²) in [5.41, 5.74) is 5.36. The van der Waals surface area contributed by atoms with Gasteiger partial charge in [-0.2, -0.15) is 10.2 Å². The number of sulfone groups is 1. The zero-order valence-corrected chi connectivity index (χ0v) is 20.0. The molecule has 2 saturated heterocycles. The van der Waals surface area contributed by atoms with Gasteiger partial charge in [-0.05, 0) is 24.6 Å². The summed E-state index contributed by atoms with van der Waals surface area (Å²) in [6, 6.07) is 6.49. The van der Waals surface area contributed by atoms with E-state index in [1.54, 1.807) is 17.1 Å². The Hall–Kier alpha value is -3.31. The van der Waals surface area contributed by atoms with Crippen LogP contribution in [0.1, 0.15) is 5.56 Å². The highest BCUT2D eigenvalue weighted by Crippen LogP contribution is 2.32. The van der Waals surface area contributed by atoms with Crippen LogP contribution in [0.25, 0.3) is 33.5 Å². The summed E-state index contributed by atoms with van der Waals surface area (Å²) in [5, 5.41) is 12.8. The van der Waals surface area contributed by atoms with E-state index in [9.17, 15) is 8.42 Å². The van der Waals surface area contributed by atoms with E-state index in [0.29, 0.717) is 19.1 Å². The highest BCUT2D eigenvalue weighted by Gasteiger charge is 2.36. The third-order valence-corrected chi connectivity index (χ3v) is 8.43. The molecule has 0 amide bonds. The highest BCUT2D eigenvalue weighted by molar-refractivity contribution is 7.91. The second kappa shape index (κ2) is 7.88. The van der Waals surface area contributed by atoms with Crippen LogP contribution in [-0.2, 0) is 16.9 Å². The van der Waals surface area contributed by atoms with E-state index in [2.05, 4.69) is 43.1 Å². The van der Waals surface area contributed by atoms with Gasteiger partial charge < -0.3 is 4.90 Å². The van der Waals surface area contributed by atoms with Gasteiger partial charge in [0, 0.05) is 56.4 Å². The molecule has 11 heteroatoms. The second-order valence-electron chi connectivity index (χ2n) is 9.17. The number of aromatic amines is 1. The van der Waals surface area contributed by atoms with Gasteiger partial charge in [0.25, 0.3) is 0 Å². The summed E-state index contributed by atoms with van der Waals surface area (Å²) in [6.45, 7) is 5.03. The smallest absolute Gasteiger partial charge is 0.152 e. The predicted octanol–water partition coefficient (Wildman–Crippen LogP) is 1.65. The zero-order valence-electron chi connectivity index (χ0n) is 19.1. The van der Waals surface area contributed by atoms with Gasteiger partial charge in [-0.25, -0.2) is 13.4 Å². The molecular formula is C23H26N8O2S. The topological polar surface area (TPSA) is 113 Å². The predicted molar refractivity (Wildman–Crippen MR) is 130 cm³/mol. The number of hydrogen-bond donors (Lipinski definition) is 1. The van der Waals surface area contributed by atoms with Crippen LogP contribution in [0.3, 0.4) is 0 Å². The van der Waals surface area contributed by atoms with Crippen molar-refractivity contribution < 1.29 is 8.42 Å². The summed E-state index contributed by atoms with van der Waals surface area (Å²) >= 11 is 0. The first-order chi connectivity index (χ1) is 16.4. The van der Waals surface area contributed by atoms with Gasteiger partial charge in [-0.15, -0.1) is 0 Å². The quantitative estimate of drug-likeness (QED) is 0.471. The van der Waals surface area contributed by atoms with Crippen molar-refractivity contribution in [3.05, 3.63) is 42.4 Å². The van der Waals surface area contributed by atoms with Gasteiger partial charge in [0.05, 0.1) is 40.8 Å². The lowest BCUT2D eigenvalue weighted by Crippen LogP contribution is -2.62. The van der Waals surface area contributed by atoms with E-state index in [-0.39, 0.29) is 11.5 Å². The Labute approximate surface area is 197 Å². The summed E-state index contributed by atoms with van der Waals surface area (Å²) in [5.74, 6) is 1.48. The molecule has 0 aromatic carbocycles. The lowest BCUT2D eigenvalue weighted by molar-refractivity contribution is 0.179. The number of aryl methyl sites for hydroxylation is 2. The van der Waals surface area contributed by atoms with E-state index >= 15 is 0 Å². The maximum absolute atomic E-state index is 11.7. The minimum absolute atomic E-state index is 0.262. The number of nitrogens with one attached hydrogen (secondary N) is 1. The first-order valence-electron chi connectivity index (χ1n) is 11.4. The van der Waals surface area contributed by atoms with Crippen molar-refractivity contribution in [2.24, 2.45) is 7.05 Å². The average molecular weight is 479 g/mol. The van der Waals surface area contributed by atoms with E-state index in [4.69, 9.17) is 4.98 Å². The monoisotopic (exact) mass is 478 g/mol. The Morgan fingerprint density at radius 2 is 1.88 bits per heavy atom. The second-order valence-corrected chi connectivity index (χ2v) is 11.5. The van der Waals surface area contributed by atoms with Crippen molar-refractivity contribution in [3.63, 3.8) is 0 Å². The molecule has 2 aliphatic rings. The molecule has 1 N–H and O–H groups in total. The molecule has 176 valence electrons. The van der Waals surface area contributed by atoms with Gasteiger partial charge >= 0.3 is 0 Å². The molecule has 34 heavy (non-hydrogen) atoms. The number of anilines is 1. The van der Waals surface area contributed by atoms with E-state index in [0.717, 1.165) is 58.0 Å². The molecule has 0 aliphatic carbocycles. The molecule has 10 nitrogen and oxygen atoms in total. The number of nitrogens with zero attached hydrogens (tertiary/aromatic N) is 7. The summed E-state index contributed by atoms with van der Waals surface area (Å²) < 4.78 is 25.2. The molecule has 4 aromatic heterocycles. The van der Waals surface area contributed by atoms with Gasteiger partial charge in [-0.1, -0.05) is 6.07 Å². The lowest BCUT2D eigenvalue weighted by Gasteiger charge is -2.47. The third-order valence-electron chi connectivity index (χ3n) is 6.82. The van der Waals surface area contributed by atoms with Gasteiger partial charge in [0.15, 0.2) is 9.84 Å². The summed E-state index contributed by atoms with van der Waals surface area (Å²) in [7, 11) is -0.975. The molecule has 0 saturated carbocycles. The Kier molecular flexibility index (Phi) is 4.92. The third kappa shape index (κ3) is 3.74. The number of aromatic nitrogens is 6. The van der Waals surface area contributed by atoms with E-state index < -0.39 is 9.84 Å². The van der Waals surface area contributed by atoms with Crippen LogP contribution >= 0.6 is 0 Å². The van der Waals surface area contributed by atoms with E-state index in [1.807, 2.05) is 25.4 Å². The summed E-state index contributed by atoms with van der Waals surface area (Å²) in [6.07, 6.45) is 5.53. The van der Waals surface area contributed by atoms with Gasteiger partial charge in [0.2, 0.25) is 0 Å². The van der Waals surface area contributed by atoms with Gasteiger partial charge in [0.1, 0.15) is 11.5 Å². The average Bonchev–Trinajstić information content (AvgIpc) is 3.41. The molecule has 0 atom stereocenters. The van der Waals surface area contributed by atoms with Crippen LogP contribution in [-0.4, -0.2) is 87.0 Å².